The third-order valence-corrected chi connectivity index (χ3v) is 4.15. The highest BCUT2D eigenvalue weighted by Gasteiger charge is 2.15. The zero-order valence-corrected chi connectivity index (χ0v) is 15.7. The van der Waals surface area contributed by atoms with Gasteiger partial charge in [-0.05, 0) is 41.3 Å². The molecule has 0 radical (unpaired) electrons. The minimum absolute atomic E-state index is 0.165. The molecule has 0 aliphatic carbocycles. The first-order chi connectivity index (χ1) is 13.5. The van der Waals surface area contributed by atoms with Crippen molar-refractivity contribution >= 4 is 23.7 Å². The minimum atomic E-state index is -0.431. The quantitative estimate of drug-likeness (QED) is 0.494. The molecule has 0 aliphatic rings. The number of amides is 2. The summed E-state index contributed by atoms with van der Waals surface area (Å²) in [4.78, 5) is 24.6. The van der Waals surface area contributed by atoms with Crippen molar-refractivity contribution in [3.05, 3.63) is 89.4 Å². The topological polar surface area (TPSA) is 83.7 Å². The number of nitrogens with one attached hydrogen (secondary N) is 2. The molecular weight excluding hydrogens is 354 g/mol. The van der Waals surface area contributed by atoms with Crippen molar-refractivity contribution in [2.24, 2.45) is 5.10 Å². The number of benzene rings is 2. The Morgan fingerprint density at radius 1 is 0.964 bits per heavy atom. The van der Waals surface area contributed by atoms with E-state index in [2.05, 4.69) is 29.7 Å². The van der Waals surface area contributed by atoms with E-state index in [9.17, 15) is 9.59 Å². The highest BCUT2D eigenvalue weighted by atomic mass is 16.3. The Labute approximate surface area is 163 Å². The SMILES string of the molecule is CC(C)c1ccc(/C=N\NC(=O)c2ccccc2NC(=O)c2ccco2)cc1. The van der Waals surface area contributed by atoms with Crippen molar-refractivity contribution in [3.8, 4) is 0 Å². The Hall–Kier alpha value is -3.67. The number of anilines is 1. The monoisotopic (exact) mass is 375 g/mol. The van der Waals surface area contributed by atoms with Crippen molar-refractivity contribution in [2.75, 3.05) is 5.32 Å². The van der Waals surface area contributed by atoms with Crippen molar-refractivity contribution in [1.29, 1.82) is 0 Å². The van der Waals surface area contributed by atoms with Gasteiger partial charge in [-0.1, -0.05) is 50.2 Å². The molecule has 0 bridgehead atoms. The summed E-state index contributed by atoms with van der Waals surface area (Å²) >= 11 is 0. The van der Waals surface area contributed by atoms with E-state index in [1.54, 1.807) is 42.6 Å². The summed E-state index contributed by atoms with van der Waals surface area (Å²) in [5.74, 6) is -0.235. The van der Waals surface area contributed by atoms with Gasteiger partial charge in [-0.15, -0.1) is 0 Å². The molecule has 0 spiro atoms. The second-order valence-corrected chi connectivity index (χ2v) is 6.50. The van der Waals surface area contributed by atoms with Gasteiger partial charge in [0.05, 0.1) is 23.7 Å². The Kier molecular flexibility index (Phi) is 6.01. The maximum absolute atomic E-state index is 12.5. The molecular formula is C22H21N3O3. The predicted molar refractivity (Wildman–Crippen MR) is 109 cm³/mol. The lowest BCUT2D eigenvalue weighted by molar-refractivity contribution is 0.0956. The number of hydrogen-bond acceptors (Lipinski definition) is 4. The Bertz CT molecular complexity index is 975. The summed E-state index contributed by atoms with van der Waals surface area (Å²) < 4.78 is 5.07. The van der Waals surface area contributed by atoms with Crippen LogP contribution >= 0.6 is 0 Å². The van der Waals surface area contributed by atoms with Crippen LogP contribution in [0.4, 0.5) is 5.69 Å². The summed E-state index contributed by atoms with van der Waals surface area (Å²) in [7, 11) is 0. The minimum Gasteiger partial charge on any atom is -0.459 e. The van der Waals surface area contributed by atoms with Crippen LogP contribution in [0, 0.1) is 0 Å². The van der Waals surface area contributed by atoms with Crippen LogP contribution in [0.25, 0.3) is 0 Å². The number of hydrogen-bond donors (Lipinski definition) is 2. The summed E-state index contributed by atoms with van der Waals surface area (Å²) in [5.41, 5.74) is 5.28. The van der Waals surface area contributed by atoms with Crippen LogP contribution in [0.5, 0.6) is 0 Å². The zero-order chi connectivity index (χ0) is 19.9. The first-order valence-electron chi connectivity index (χ1n) is 8.92. The maximum atomic E-state index is 12.5. The van der Waals surface area contributed by atoms with Gasteiger partial charge in [0.25, 0.3) is 11.8 Å². The van der Waals surface area contributed by atoms with Gasteiger partial charge in [0.15, 0.2) is 5.76 Å². The molecule has 1 aromatic heterocycles. The van der Waals surface area contributed by atoms with Crippen LogP contribution in [-0.2, 0) is 0 Å². The summed E-state index contributed by atoms with van der Waals surface area (Å²) in [5, 5.41) is 6.68. The standard InChI is InChI=1S/C22H21N3O3/c1-15(2)17-11-9-16(10-12-17)14-23-25-21(26)18-6-3-4-7-19(18)24-22(27)20-8-5-13-28-20/h3-15H,1-2H3,(H,24,27)(H,25,26)/b23-14-. The highest BCUT2D eigenvalue weighted by molar-refractivity contribution is 6.07. The second-order valence-electron chi connectivity index (χ2n) is 6.50. The van der Waals surface area contributed by atoms with Crippen LogP contribution < -0.4 is 10.7 Å². The lowest BCUT2D eigenvalue weighted by atomic mass is 10.0. The van der Waals surface area contributed by atoms with Crippen molar-refractivity contribution in [2.45, 2.75) is 19.8 Å². The van der Waals surface area contributed by atoms with Gasteiger partial charge in [-0.25, -0.2) is 5.43 Å². The molecule has 0 fully saturated rings. The van der Waals surface area contributed by atoms with Crippen molar-refractivity contribution < 1.29 is 14.0 Å². The van der Waals surface area contributed by atoms with E-state index in [4.69, 9.17) is 4.42 Å². The largest absolute Gasteiger partial charge is 0.459 e. The molecule has 6 heteroatoms. The van der Waals surface area contributed by atoms with E-state index in [0.717, 1.165) is 5.56 Å². The molecule has 3 aromatic rings. The van der Waals surface area contributed by atoms with E-state index in [1.807, 2.05) is 24.3 Å². The Morgan fingerprint density at radius 2 is 1.71 bits per heavy atom. The van der Waals surface area contributed by atoms with Crippen LogP contribution in [0.1, 0.15) is 51.8 Å². The molecule has 28 heavy (non-hydrogen) atoms. The van der Waals surface area contributed by atoms with Gasteiger partial charge in [0.1, 0.15) is 0 Å². The fourth-order valence-electron chi connectivity index (χ4n) is 2.57. The molecule has 2 amide bonds. The molecule has 142 valence electrons. The van der Waals surface area contributed by atoms with E-state index in [0.29, 0.717) is 17.2 Å². The summed E-state index contributed by atoms with van der Waals surface area (Å²) in [6.07, 6.45) is 2.99. The maximum Gasteiger partial charge on any atom is 0.291 e. The molecule has 6 nitrogen and oxygen atoms in total. The van der Waals surface area contributed by atoms with Gasteiger partial charge in [-0.2, -0.15) is 5.10 Å². The molecule has 3 rings (SSSR count). The molecule has 0 atom stereocenters. The van der Waals surface area contributed by atoms with E-state index in [1.165, 1.54) is 11.8 Å². The highest BCUT2D eigenvalue weighted by Crippen LogP contribution is 2.17. The summed E-state index contributed by atoms with van der Waals surface area (Å²) in [6, 6.07) is 17.8. The van der Waals surface area contributed by atoms with E-state index in [-0.39, 0.29) is 5.76 Å². The van der Waals surface area contributed by atoms with Crippen LogP contribution in [0.2, 0.25) is 0 Å². The van der Waals surface area contributed by atoms with Gasteiger partial charge in [0, 0.05) is 0 Å². The number of para-hydroxylation sites is 1. The first-order valence-corrected chi connectivity index (χ1v) is 8.92. The molecule has 0 saturated heterocycles. The lowest BCUT2D eigenvalue weighted by Gasteiger charge is -2.09. The fraction of sp³-hybridized carbons (Fsp3) is 0.136. The molecule has 0 unspecified atom stereocenters. The Balaban J connectivity index is 1.66. The van der Waals surface area contributed by atoms with Gasteiger partial charge < -0.3 is 9.73 Å². The third kappa shape index (κ3) is 4.73. The Morgan fingerprint density at radius 3 is 2.39 bits per heavy atom. The fourth-order valence-corrected chi connectivity index (χ4v) is 2.57. The average molecular weight is 375 g/mol. The average Bonchev–Trinajstić information content (AvgIpc) is 3.24. The van der Waals surface area contributed by atoms with Crippen molar-refractivity contribution in [3.63, 3.8) is 0 Å². The zero-order valence-electron chi connectivity index (χ0n) is 15.7. The van der Waals surface area contributed by atoms with E-state index < -0.39 is 11.8 Å². The number of carbonyl (C=O) groups excluding carboxylic acids is 2. The van der Waals surface area contributed by atoms with Crippen LogP contribution in [-0.4, -0.2) is 18.0 Å². The van der Waals surface area contributed by atoms with Gasteiger partial charge >= 0.3 is 0 Å². The number of furan rings is 1. The molecule has 0 saturated carbocycles. The molecule has 0 aliphatic heterocycles. The number of rotatable bonds is 6. The predicted octanol–water partition coefficient (Wildman–Crippen LogP) is 4.42. The van der Waals surface area contributed by atoms with Crippen LogP contribution in [0.15, 0.2) is 76.4 Å². The first kappa shape index (κ1) is 19.1. The number of carbonyl (C=O) groups is 2. The van der Waals surface area contributed by atoms with Crippen molar-refractivity contribution in [1.82, 2.24) is 5.43 Å². The number of nitrogens with zero attached hydrogens (tertiary/aromatic N) is 1. The van der Waals surface area contributed by atoms with E-state index >= 15 is 0 Å². The smallest absolute Gasteiger partial charge is 0.291 e. The lowest BCUT2D eigenvalue weighted by Crippen LogP contribution is -2.21. The third-order valence-electron chi connectivity index (χ3n) is 4.15. The summed E-state index contributed by atoms with van der Waals surface area (Å²) in [6.45, 7) is 4.26. The normalized spacial score (nSPS) is 11.0. The number of hydrazone groups is 1. The van der Waals surface area contributed by atoms with Crippen LogP contribution in [0.3, 0.4) is 0 Å². The van der Waals surface area contributed by atoms with Gasteiger partial charge in [0.2, 0.25) is 0 Å². The molecule has 2 aromatic carbocycles. The molecule has 2 N–H and O–H groups in total. The second kappa shape index (κ2) is 8.81. The molecule has 1 heterocycles. The van der Waals surface area contributed by atoms with Gasteiger partial charge in [-0.3, -0.25) is 9.59 Å².